The van der Waals surface area contributed by atoms with E-state index in [0.717, 1.165) is 34.1 Å². The Morgan fingerprint density at radius 1 is 0.514 bits per heavy atom. The molecule has 2 nitrogen and oxygen atoms in total. The van der Waals surface area contributed by atoms with Gasteiger partial charge < -0.3 is 9.47 Å². The molecule has 0 atom stereocenters. The SMILES string of the molecule is C/C=C\c1ccccc1Oc1ccc(C(C)(C)c2ccc(Oc3ccccc3/C=C\C)cc2)cc1. The molecule has 176 valence electrons. The maximum atomic E-state index is 6.16. The molecule has 0 saturated heterocycles. The highest BCUT2D eigenvalue weighted by molar-refractivity contribution is 5.59. The summed E-state index contributed by atoms with van der Waals surface area (Å²) in [5.74, 6) is 3.35. The van der Waals surface area contributed by atoms with Gasteiger partial charge in [0.15, 0.2) is 0 Å². The van der Waals surface area contributed by atoms with E-state index in [1.807, 2.05) is 86.7 Å². The molecule has 0 aromatic heterocycles. The van der Waals surface area contributed by atoms with E-state index in [0.29, 0.717) is 0 Å². The predicted octanol–water partition coefficient (Wildman–Crippen LogP) is 9.66. The molecule has 35 heavy (non-hydrogen) atoms. The van der Waals surface area contributed by atoms with Crippen molar-refractivity contribution < 1.29 is 9.47 Å². The van der Waals surface area contributed by atoms with E-state index in [1.54, 1.807) is 0 Å². The lowest BCUT2D eigenvalue weighted by Gasteiger charge is -2.26. The first-order valence-electron chi connectivity index (χ1n) is 12.0. The molecular weight excluding hydrogens is 428 g/mol. The van der Waals surface area contributed by atoms with Gasteiger partial charge in [-0.3, -0.25) is 0 Å². The maximum Gasteiger partial charge on any atom is 0.134 e. The van der Waals surface area contributed by atoms with E-state index in [9.17, 15) is 0 Å². The summed E-state index contributed by atoms with van der Waals surface area (Å²) in [6.45, 7) is 8.49. The average molecular weight is 461 g/mol. The number of hydrogen-bond donors (Lipinski definition) is 0. The molecule has 4 rings (SSSR count). The zero-order valence-electron chi connectivity index (χ0n) is 20.9. The van der Waals surface area contributed by atoms with Crippen molar-refractivity contribution >= 4 is 12.2 Å². The minimum absolute atomic E-state index is 0.164. The average Bonchev–Trinajstić information content (AvgIpc) is 2.87. The lowest BCUT2D eigenvalue weighted by atomic mass is 9.78. The van der Waals surface area contributed by atoms with Crippen LogP contribution >= 0.6 is 0 Å². The summed E-state index contributed by atoms with van der Waals surface area (Å²) < 4.78 is 12.3. The lowest BCUT2D eigenvalue weighted by Crippen LogP contribution is -2.18. The fourth-order valence-electron chi connectivity index (χ4n) is 4.08. The Bertz CT molecular complexity index is 1210. The standard InChI is InChI=1S/C33H32O2/c1-5-11-25-13-7-9-15-31(25)34-29-21-17-27(18-22-29)33(3,4)28-19-23-30(24-20-28)35-32-16-10-8-14-26(32)12-6-2/h5-24H,1-4H3/b11-5-,12-6-. The van der Waals surface area contributed by atoms with Gasteiger partial charge in [-0.05, 0) is 61.4 Å². The fourth-order valence-corrected chi connectivity index (χ4v) is 4.08. The third kappa shape index (κ3) is 5.73. The topological polar surface area (TPSA) is 18.5 Å². The van der Waals surface area contributed by atoms with Crippen molar-refractivity contribution in [2.45, 2.75) is 33.1 Å². The Labute approximate surface area is 209 Å². The summed E-state index contributed by atoms with van der Waals surface area (Å²) in [7, 11) is 0. The van der Waals surface area contributed by atoms with Gasteiger partial charge in [0, 0.05) is 16.5 Å². The van der Waals surface area contributed by atoms with Crippen LogP contribution in [0.3, 0.4) is 0 Å². The molecule has 4 aromatic carbocycles. The van der Waals surface area contributed by atoms with Crippen molar-refractivity contribution in [3.8, 4) is 23.0 Å². The second kappa shape index (κ2) is 10.9. The molecule has 0 saturated carbocycles. The van der Waals surface area contributed by atoms with Crippen molar-refractivity contribution in [3.63, 3.8) is 0 Å². The van der Waals surface area contributed by atoms with Gasteiger partial charge >= 0.3 is 0 Å². The van der Waals surface area contributed by atoms with Gasteiger partial charge in [0.05, 0.1) is 0 Å². The van der Waals surface area contributed by atoms with E-state index in [2.05, 4.69) is 62.4 Å². The highest BCUT2D eigenvalue weighted by Crippen LogP contribution is 2.35. The summed E-state index contributed by atoms with van der Waals surface area (Å²) in [5, 5.41) is 0. The number of rotatable bonds is 8. The van der Waals surface area contributed by atoms with Crippen LogP contribution in [0.15, 0.2) is 109 Å². The lowest BCUT2D eigenvalue weighted by molar-refractivity contribution is 0.480. The number of para-hydroxylation sites is 2. The third-order valence-corrected chi connectivity index (χ3v) is 6.14. The number of ether oxygens (including phenoxy) is 2. The molecule has 2 heteroatoms. The molecule has 0 unspecified atom stereocenters. The monoisotopic (exact) mass is 460 g/mol. The minimum Gasteiger partial charge on any atom is -0.457 e. The Balaban J connectivity index is 1.50. The van der Waals surface area contributed by atoms with E-state index >= 15 is 0 Å². The van der Waals surface area contributed by atoms with Crippen LogP contribution < -0.4 is 9.47 Å². The summed E-state index contributed by atoms with van der Waals surface area (Å²) in [6.07, 6.45) is 8.15. The molecule has 0 aliphatic rings. The molecule has 0 spiro atoms. The van der Waals surface area contributed by atoms with Gasteiger partial charge in [0.2, 0.25) is 0 Å². The second-order valence-corrected chi connectivity index (χ2v) is 8.95. The molecular formula is C33H32O2. The molecule has 0 aliphatic heterocycles. The largest absolute Gasteiger partial charge is 0.457 e. The van der Waals surface area contributed by atoms with Crippen LogP contribution in [-0.2, 0) is 5.41 Å². The number of hydrogen-bond acceptors (Lipinski definition) is 2. The van der Waals surface area contributed by atoms with Crippen LogP contribution in [0, 0.1) is 0 Å². The summed E-state index contributed by atoms with van der Waals surface area (Å²) in [6, 6.07) is 32.9. The van der Waals surface area contributed by atoms with Crippen molar-refractivity contribution in [2.75, 3.05) is 0 Å². The summed E-state index contributed by atoms with van der Waals surface area (Å²) >= 11 is 0. The molecule has 0 amide bonds. The maximum absolute atomic E-state index is 6.16. The fraction of sp³-hybridized carbons (Fsp3) is 0.152. The van der Waals surface area contributed by atoms with Gasteiger partial charge in [-0.25, -0.2) is 0 Å². The van der Waals surface area contributed by atoms with Gasteiger partial charge in [0.25, 0.3) is 0 Å². The normalized spacial score (nSPS) is 11.8. The van der Waals surface area contributed by atoms with Crippen LogP contribution in [0.5, 0.6) is 23.0 Å². The first-order chi connectivity index (χ1) is 17.0. The molecule has 4 aromatic rings. The smallest absolute Gasteiger partial charge is 0.134 e. The molecule has 0 aliphatic carbocycles. The van der Waals surface area contributed by atoms with Crippen molar-refractivity contribution in [3.05, 3.63) is 131 Å². The summed E-state index contributed by atoms with van der Waals surface area (Å²) in [4.78, 5) is 0. The van der Waals surface area contributed by atoms with Crippen LogP contribution in [0.25, 0.3) is 12.2 Å². The van der Waals surface area contributed by atoms with E-state index in [1.165, 1.54) is 11.1 Å². The van der Waals surface area contributed by atoms with E-state index in [-0.39, 0.29) is 5.41 Å². The zero-order chi connectivity index (χ0) is 24.7. The summed E-state index contributed by atoms with van der Waals surface area (Å²) in [5.41, 5.74) is 4.41. The highest BCUT2D eigenvalue weighted by atomic mass is 16.5. The van der Waals surface area contributed by atoms with E-state index in [4.69, 9.17) is 9.47 Å². The first kappa shape index (κ1) is 24.1. The first-order valence-corrected chi connectivity index (χ1v) is 12.0. The van der Waals surface area contributed by atoms with Crippen LogP contribution in [0.4, 0.5) is 0 Å². The Morgan fingerprint density at radius 2 is 0.886 bits per heavy atom. The Hall–Kier alpha value is -4.04. The van der Waals surface area contributed by atoms with Crippen molar-refractivity contribution in [2.24, 2.45) is 0 Å². The van der Waals surface area contributed by atoms with Crippen LogP contribution in [0.2, 0.25) is 0 Å². The van der Waals surface area contributed by atoms with Crippen LogP contribution in [-0.4, -0.2) is 0 Å². The Kier molecular flexibility index (Phi) is 7.52. The van der Waals surface area contributed by atoms with Crippen LogP contribution in [0.1, 0.15) is 49.9 Å². The van der Waals surface area contributed by atoms with Crippen molar-refractivity contribution in [1.29, 1.82) is 0 Å². The minimum atomic E-state index is -0.164. The van der Waals surface area contributed by atoms with Gasteiger partial charge in [-0.15, -0.1) is 0 Å². The Morgan fingerprint density at radius 3 is 1.26 bits per heavy atom. The van der Waals surface area contributed by atoms with Gasteiger partial charge in [-0.2, -0.15) is 0 Å². The zero-order valence-corrected chi connectivity index (χ0v) is 20.9. The second-order valence-electron chi connectivity index (χ2n) is 8.95. The van der Waals surface area contributed by atoms with Gasteiger partial charge in [0.1, 0.15) is 23.0 Å². The third-order valence-electron chi connectivity index (χ3n) is 6.14. The number of benzene rings is 4. The predicted molar refractivity (Wildman–Crippen MR) is 147 cm³/mol. The van der Waals surface area contributed by atoms with Crippen molar-refractivity contribution in [1.82, 2.24) is 0 Å². The number of allylic oxidation sites excluding steroid dienone is 2. The molecule has 0 fully saturated rings. The highest BCUT2D eigenvalue weighted by Gasteiger charge is 2.23. The van der Waals surface area contributed by atoms with Gasteiger partial charge in [-0.1, -0.05) is 98.8 Å². The molecule has 0 radical (unpaired) electrons. The molecule has 0 bridgehead atoms. The molecule has 0 heterocycles. The quantitative estimate of drug-likeness (QED) is 0.260. The van der Waals surface area contributed by atoms with E-state index < -0.39 is 0 Å². The molecule has 0 N–H and O–H groups in total.